The molecule has 5 N–H and O–H groups in total. The summed E-state index contributed by atoms with van der Waals surface area (Å²) in [7, 11) is 0. The standard InChI is InChI=1S/C13H26N4O2/c1-9(2)6-11(14)13(19)17-5-3-4-10(8-17)16-7-12(15)18/h9-11,16H,3-8,14H2,1-2H3,(H2,15,18)/t10-,11-/m0/s1. The van der Waals surface area contributed by atoms with E-state index in [-0.39, 0.29) is 24.4 Å². The fraction of sp³-hybridized carbons (Fsp3) is 0.846. The third kappa shape index (κ3) is 5.57. The van der Waals surface area contributed by atoms with Gasteiger partial charge >= 0.3 is 0 Å². The minimum Gasteiger partial charge on any atom is -0.369 e. The van der Waals surface area contributed by atoms with Gasteiger partial charge in [-0.1, -0.05) is 13.8 Å². The van der Waals surface area contributed by atoms with E-state index in [9.17, 15) is 9.59 Å². The summed E-state index contributed by atoms with van der Waals surface area (Å²) in [6, 6.07) is -0.286. The molecule has 2 amide bonds. The zero-order valence-electron chi connectivity index (χ0n) is 11.9. The van der Waals surface area contributed by atoms with E-state index in [0.29, 0.717) is 18.9 Å². The van der Waals surface area contributed by atoms with Crippen LogP contribution in [0.15, 0.2) is 0 Å². The Bertz CT molecular complexity index is 320. The first kappa shape index (κ1) is 15.9. The van der Waals surface area contributed by atoms with Gasteiger partial charge in [0.1, 0.15) is 0 Å². The number of carbonyl (C=O) groups is 2. The van der Waals surface area contributed by atoms with E-state index in [0.717, 1.165) is 19.4 Å². The highest BCUT2D eigenvalue weighted by atomic mass is 16.2. The summed E-state index contributed by atoms with van der Waals surface area (Å²) < 4.78 is 0. The fourth-order valence-corrected chi connectivity index (χ4v) is 2.43. The molecule has 0 radical (unpaired) electrons. The normalized spacial score (nSPS) is 21.5. The summed E-state index contributed by atoms with van der Waals surface area (Å²) in [5, 5.41) is 3.08. The van der Waals surface area contributed by atoms with Crippen molar-refractivity contribution in [3.63, 3.8) is 0 Å². The Hall–Kier alpha value is -1.14. The molecule has 1 aliphatic heterocycles. The first-order chi connectivity index (χ1) is 8.90. The number of hydrogen-bond acceptors (Lipinski definition) is 4. The van der Waals surface area contributed by atoms with Gasteiger partial charge in [0.2, 0.25) is 11.8 Å². The van der Waals surface area contributed by atoms with Crippen LogP contribution < -0.4 is 16.8 Å². The van der Waals surface area contributed by atoms with Gasteiger partial charge in [0.05, 0.1) is 12.6 Å². The predicted molar refractivity (Wildman–Crippen MR) is 74.2 cm³/mol. The molecule has 0 spiro atoms. The quantitative estimate of drug-likeness (QED) is 0.601. The van der Waals surface area contributed by atoms with Crippen LogP contribution in [0.1, 0.15) is 33.1 Å². The van der Waals surface area contributed by atoms with Crippen LogP contribution >= 0.6 is 0 Å². The molecule has 19 heavy (non-hydrogen) atoms. The van der Waals surface area contributed by atoms with E-state index in [2.05, 4.69) is 19.2 Å². The van der Waals surface area contributed by atoms with Crippen LogP contribution in [-0.2, 0) is 9.59 Å². The van der Waals surface area contributed by atoms with E-state index < -0.39 is 6.04 Å². The van der Waals surface area contributed by atoms with Gasteiger partial charge in [0.15, 0.2) is 0 Å². The SMILES string of the molecule is CC(C)C[C@H](N)C(=O)N1CCC[C@H](NCC(N)=O)C1. The molecule has 2 atom stereocenters. The van der Waals surface area contributed by atoms with Crippen LogP contribution in [0.25, 0.3) is 0 Å². The number of hydrogen-bond donors (Lipinski definition) is 3. The van der Waals surface area contributed by atoms with Crippen molar-refractivity contribution in [1.82, 2.24) is 10.2 Å². The van der Waals surface area contributed by atoms with Crippen molar-refractivity contribution in [2.75, 3.05) is 19.6 Å². The second kappa shape index (κ2) is 7.45. The lowest BCUT2D eigenvalue weighted by atomic mass is 10.0. The smallest absolute Gasteiger partial charge is 0.239 e. The number of likely N-dealkylation sites (tertiary alicyclic amines) is 1. The molecule has 0 aliphatic carbocycles. The molecule has 6 nitrogen and oxygen atoms in total. The Balaban J connectivity index is 2.44. The van der Waals surface area contributed by atoms with Crippen molar-refractivity contribution < 1.29 is 9.59 Å². The zero-order chi connectivity index (χ0) is 14.4. The highest BCUT2D eigenvalue weighted by Gasteiger charge is 2.27. The number of amides is 2. The second-order valence-electron chi connectivity index (χ2n) is 5.71. The fourth-order valence-electron chi connectivity index (χ4n) is 2.43. The molecular formula is C13H26N4O2. The van der Waals surface area contributed by atoms with Crippen LogP contribution in [0.2, 0.25) is 0 Å². The number of carbonyl (C=O) groups excluding carboxylic acids is 2. The summed E-state index contributed by atoms with van der Waals surface area (Å²) in [5.74, 6) is 0.0479. The van der Waals surface area contributed by atoms with Crippen LogP contribution in [0.5, 0.6) is 0 Å². The lowest BCUT2D eigenvalue weighted by Gasteiger charge is -2.34. The van der Waals surface area contributed by atoms with Gasteiger partial charge in [-0.2, -0.15) is 0 Å². The first-order valence-electron chi connectivity index (χ1n) is 6.96. The summed E-state index contributed by atoms with van der Waals surface area (Å²) in [6.45, 7) is 5.63. The van der Waals surface area contributed by atoms with Crippen molar-refractivity contribution in [3.8, 4) is 0 Å². The van der Waals surface area contributed by atoms with Crippen molar-refractivity contribution in [1.29, 1.82) is 0 Å². The van der Waals surface area contributed by atoms with Crippen molar-refractivity contribution in [2.45, 2.75) is 45.2 Å². The third-order valence-electron chi connectivity index (χ3n) is 3.34. The lowest BCUT2D eigenvalue weighted by Crippen LogP contribution is -2.53. The highest BCUT2D eigenvalue weighted by molar-refractivity contribution is 5.81. The molecular weight excluding hydrogens is 244 g/mol. The van der Waals surface area contributed by atoms with Gasteiger partial charge in [-0.15, -0.1) is 0 Å². The summed E-state index contributed by atoms with van der Waals surface area (Å²) in [4.78, 5) is 24.7. The molecule has 0 saturated carbocycles. The Morgan fingerprint density at radius 3 is 2.68 bits per heavy atom. The lowest BCUT2D eigenvalue weighted by molar-refractivity contribution is -0.134. The molecule has 1 rings (SSSR count). The Labute approximate surface area is 114 Å². The van der Waals surface area contributed by atoms with Crippen molar-refractivity contribution >= 4 is 11.8 Å². The van der Waals surface area contributed by atoms with E-state index in [1.165, 1.54) is 0 Å². The number of nitrogens with two attached hydrogens (primary N) is 2. The molecule has 0 aromatic rings. The van der Waals surface area contributed by atoms with E-state index in [4.69, 9.17) is 11.5 Å². The van der Waals surface area contributed by atoms with E-state index >= 15 is 0 Å². The number of piperidine rings is 1. The molecule has 0 aromatic heterocycles. The largest absolute Gasteiger partial charge is 0.369 e. The summed E-state index contributed by atoms with van der Waals surface area (Å²) in [6.07, 6.45) is 2.59. The molecule has 1 heterocycles. The van der Waals surface area contributed by atoms with Gasteiger partial charge in [-0.05, 0) is 25.2 Å². The molecule has 0 unspecified atom stereocenters. The molecule has 1 fully saturated rings. The maximum Gasteiger partial charge on any atom is 0.239 e. The Kier molecular flexibility index (Phi) is 6.24. The Morgan fingerprint density at radius 1 is 1.42 bits per heavy atom. The van der Waals surface area contributed by atoms with Crippen molar-refractivity contribution in [2.24, 2.45) is 17.4 Å². The number of primary amides is 1. The summed E-state index contributed by atoms with van der Waals surface area (Å²) in [5.41, 5.74) is 11.0. The van der Waals surface area contributed by atoms with E-state index in [1.807, 2.05) is 0 Å². The van der Waals surface area contributed by atoms with Crippen LogP contribution in [0.4, 0.5) is 0 Å². The number of rotatable bonds is 6. The zero-order valence-corrected chi connectivity index (χ0v) is 11.9. The molecule has 110 valence electrons. The second-order valence-corrected chi connectivity index (χ2v) is 5.71. The molecule has 0 aromatic carbocycles. The molecule has 6 heteroatoms. The highest BCUT2D eigenvalue weighted by Crippen LogP contribution is 2.13. The minimum atomic E-state index is -0.421. The van der Waals surface area contributed by atoms with Gasteiger partial charge in [0, 0.05) is 19.1 Å². The molecule has 1 saturated heterocycles. The van der Waals surface area contributed by atoms with Gasteiger partial charge < -0.3 is 21.7 Å². The van der Waals surface area contributed by atoms with Crippen molar-refractivity contribution in [3.05, 3.63) is 0 Å². The first-order valence-corrected chi connectivity index (χ1v) is 6.96. The minimum absolute atomic E-state index is 0.0132. The average molecular weight is 270 g/mol. The molecule has 1 aliphatic rings. The predicted octanol–water partition coefficient (Wildman–Crippen LogP) is -0.574. The maximum atomic E-state index is 12.2. The Morgan fingerprint density at radius 2 is 2.11 bits per heavy atom. The monoisotopic (exact) mass is 270 g/mol. The third-order valence-corrected chi connectivity index (χ3v) is 3.34. The average Bonchev–Trinajstić information content (AvgIpc) is 2.35. The number of nitrogens with zero attached hydrogens (tertiary/aromatic N) is 1. The van der Waals surface area contributed by atoms with Crippen LogP contribution in [0, 0.1) is 5.92 Å². The number of nitrogens with one attached hydrogen (secondary N) is 1. The topological polar surface area (TPSA) is 101 Å². The summed E-state index contributed by atoms with van der Waals surface area (Å²) >= 11 is 0. The van der Waals surface area contributed by atoms with Gasteiger partial charge in [0.25, 0.3) is 0 Å². The molecule has 0 bridgehead atoms. The van der Waals surface area contributed by atoms with Gasteiger partial charge in [-0.25, -0.2) is 0 Å². The van der Waals surface area contributed by atoms with Crippen LogP contribution in [0.3, 0.4) is 0 Å². The van der Waals surface area contributed by atoms with Gasteiger partial charge in [-0.3, -0.25) is 9.59 Å². The maximum absolute atomic E-state index is 12.2. The van der Waals surface area contributed by atoms with Crippen LogP contribution in [-0.4, -0.2) is 48.4 Å². The van der Waals surface area contributed by atoms with E-state index in [1.54, 1.807) is 4.90 Å².